The zero-order valence-electron chi connectivity index (χ0n) is 18.5. The van der Waals surface area contributed by atoms with Crippen molar-refractivity contribution in [3.8, 4) is 5.69 Å². The number of hydrogen-bond acceptors (Lipinski definition) is 5. The van der Waals surface area contributed by atoms with Gasteiger partial charge in [0, 0.05) is 44.1 Å². The number of aromatic nitrogens is 2. The van der Waals surface area contributed by atoms with Gasteiger partial charge < -0.3 is 26.0 Å². The van der Waals surface area contributed by atoms with E-state index in [2.05, 4.69) is 31.1 Å². The number of aliphatic hydroxyl groups excluding tert-OH is 1. The quantitative estimate of drug-likeness (QED) is 0.646. The number of aryl methyl sites for hydroxylation is 1. The van der Waals surface area contributed by atoms with E-state index < -0.39 is 0 Å². The van der Waals surface area contributed by atoms with Gasteiger partial charge in [0.05, 0.1) is 6.10 Å². The second-order valence-corrected chi connectivity index (χ2v) is 8.53. The van der Waals surface area contributed by atoms with Crippen molar-refractivity contribution in [2.45, 2.75) is 53.2 Å². The molecular formula is C22H35N5O3. The van der Waals surface area contributed by atoms with Crippen LogP contribution >= 0.6 is 0 Å². The lowest BCUT2D eigenvalue weighted by Gasteiger charge is -2.22. The van der Waals surface area contributed by atoms with Crippen LogP contribution in [0.4, 0.5) is 0 Å². The number of aliphatic hydroxyl groups is 1. The number of amides is 2. The van der Waals surface area contributed by atoms with Crippen LogP contribution in [0.1, 0.15) is 45.0 Å². The molecule has 1 aliphatic heterocycles. The Bertz CT molecular complexity index is 796. The first-order chi connectivity index (χ1) is 13.7. The zero-order chi connectivity index (χ0) is 21.4. The molecular weight excluding hydrogens is 382 g/mol. The molecule has 3 rings (SSSR count). The third-order valence-corrected chi connectivity index (χ3v) is 4.63. The van der Waals surface area contributed by atoms with E-state index in [1.807, 2.05) is 42.0 Å². The van der Waals surface area contributed by atoms with Crippen LogP contribution in [0.3, 0.4) is 0 Å². The highest BCUT2D eigenvalue weighted by atomic mass is 16.3. The molecule has 1 atom stereocenters. The highest BCUT2D eigenvalue weighted by Crippen LogP contribution is 2.21. The van der Waals surface area contributed by atoms with E-state index >= 15 is 0 Å². The molecule has 2 aromatic rings. The van der Waals surface area contributed by atoms with Crippen LogP contribution in [0.15, 0.2) is 36.7 Å². The zero-order valence-corrected chi connectivity index (χ0v) is 18.5. The first-order valence-electron chi connectivity index (χ1n) is 9.92. The summed E-state index contributed by atoms with van der Waals surface area (Å²) >= 11 is 0. The Morgan fingerprint density at radius 2 is 1.97 bits per heavy atom. The maximum absolute atomic E-state index is 11.6. The van der Waals surface area contributed by atoms with Crippen molar-refractivity contribution in [1.29, 1.82) is 0 Å². The Morgan fingerprint density at radius 3 is 2.43 bits per heavy atom. The van der Waals surface area contributed by atoms with E-state index in [1.165, 1.54) is 0 Å². The van der Waals surface area contributed by atoms with Crippen LogP contribution in [0, 0.1) is 12.3 Å². The highest BCUT2D eigenvalue weighted by Gasteiger charge is 2.27. The fourth-order valence-electron chi connectivity index (χ4n) is 3.12. The van der Waals surface area contributed by atoms with Gasteiger partial charge in [0.15, 0.2) is 0 Å². The summed E-state index contributed by atoms with van der Waals surface area (Å²) in [5, 5.41) is 11.9. The first kappa shape index (κ1) is 25.3. The van der Waals surface area contributed by atoms with Crippen molar-refractivity contribution in [2.75, 3.05) is 13.1 Å². The molecule has 1 aromatic heterocycles. The van der Waals surface area contributed by atoms with Crippen LogP contribution in [0.2, 0.25) is 0 Å². The minimum absolute atomic E-state index is 0. The third-order valence-electron chi connectivity index (χ3n) is 4.63. The average molecular weight is 418 g/mol. The normalized spacial score (nSPS) is 15.6. The van der Waals surface area contributed by atoms with Gasteiger partial charge >= 0.3 is 0 Å². The number of carbonyl (C=O) groups excluding carboxylic acids is 2. The van der Waals surface area contributed by atoms with Crippen LogP contribution in [-0.4, -0.2) is 51.1 Å². The Labute approximate surface area is 178 Å². The van der Waals surface area contributed by atoms with Gasteiger partial charge in [-0.2, -0.15) is 0 Å². The molecule has 8 heteroatoms. The summed E-state index contributed by atoms with van der Waals surface area (Å²) in [4.78, 5) is 27.7. The predicted octanol–water partition coefficient (Wildman–Crippen LogP) is 2.60. The van der Waals surface area contributed by atoms with E-state index in [1.54, 1.807) is 11.1 Å². The van der Waals surface area contributed by atoms with E-state index in [4.69, 9.17) is 0 Å². The minimum Gasteiger partial charge on any atom is -0.391 e. The number of rotatable bonds is 5. The maximum atomic E-state index is 11.6. The molecule has 1 saturated heterocycles. The van der Waals surface area contributed by atoms with Crippen LogP contribution < -0.4 is 11.5 Å². The summed E-state index contributed by atoms with van der Waals surface area (Å²) in [5.41, 5.74) is 2.20. The standard InChI is InChI=1S/C12H13N3O.C10H19NO2.H3N/c1-10-14-6-7-15(10)12-4-2-11(3-5-12)8-13-9-16;1-10(2,3)6-9(13)11-5-4-8(12)7-11;/h2-7,9H,8H2,1H3,(H,13,16);8,12H,4-7H2,1-3H3;1H3. The summed E-state index contributed by atoms with van der Waals surface area (Å²) in [6.45, 7) is 9.92. The molecule has 0 bridgehead atoms. The van der Waals surface area contributed by atoms with Crippen molar-refractivity contribution in [3.05, 3.63) is 48.0 Å². The lowest BCUT2D eigenvalue weighted by Crippen LogP contribution is -2.32. The fourth-order valence-corrected chi connectivity index (χ4v) is 3.12. The number of carbonyl (C=O) groups is 2. The Kier molecular flexibility index (Phi) is 9.68. The Morgan fingerprint density at radius 1 is 1.30 bits per heavy atom. The van der Waals surface area contributed by atoms with Gasteiger partial charge in [-0.25, -0.2) is 4.98 Å². The van der Waals surface area contributed by atoms with Crippen LogP contribution in [0.5, 0.6) is 0 Å². The topological polar surface area (TPSA) is 122 Å². The van der Waals surface area contributed by atoms with E-state index in [0.29, 0.717) is 25.9 Å². The van der Waals surface area contributed by atoms with Crippen molar-refractivity contribution >= 4 is 12.3 Å². The summed E-state index contributed by atoms with van der Waals surface area (Å²) in [5.74, 6) is 1.13. The number of nitrogens with one attached hydrogen (secondary N) is 1. The van der Waals surface area contributed by atoms with Crippen LogP contribution in [-0.2, 0) is 16.1 Å². The monoisotopic (exact) mass is 417 g/mol. The van der Waals surface area contributed by atoms with E-state index in [0.717, 1.165) is 30.0 Å². The number of benzene rings is 1. The molecule has 30 heavy (non-hydrogen) atoms. The van der Waals surface area contributed by atoms with Gasteiger partial charge in [0.25, 0.3) is 0 Å². The molecule has 0 saturated carbocycles. The second-order valence-electron chi connectivity index (χ2n) is 8.53. The maximum Gasteiger partial charge on any atom is 0.223 e. The van der Waals surface area contributed by atoms with Gasteiger partial charge in [-0.1, -0.05) is 32.9 Å². The summed E-state index contributed by atoms with van der Waals surface area (Å²) in [6, 6.07) is 8.00. The fraction of sp³-hybridized carbons (Fsp3) is 0.500. The Hall–Kier alpha value is -2.71. The molecule has 1 fully saturated rings. The molecule has 0 aliphatic carbocycles. The largest absolute Gasteiger partial charge is 0.391 e. The van der Waals surface area contributed by atoms with E-state index in [-0.39, 0.29) is 23.6 Å². The molecule has 1 aliphatic rings. The molecule has 2 amide bonds. The summed E-state index contributed by atoms with van der Waals surface area (Å²) < 4.78 is 2.01. The molecule has 2 heterocycles. The average Bonchev–Trinajstić information content (AvgIpc) is 3.28. The molecule has 0 spiro atoms. The predicted molar refractivity (Wildman–Crippen MR) is 118 cm³/mol. The van der Waals surface area contributed by atoms with Gasteiger partial charge in [0.2, 0.25) is 12.3 Å². The number of nitrogens with zero attached hydrogens (tertiary/aromatic N) is 3. The number of hydrogen-bond donors (Lipinski definition) is 3. The summed E-state index contributed by atoms with van der Waals surface area (Å²) in [6.07, 6.45) is 5.40. The van der Waals surface area contributed by atoms with Crippen molar-refractivity contribution in [1.82, 2.24) is 25.9 Å². The SMILES string of the molecule is CC(C)(C)CC(=O)N1CCC(O)C1.Cc1nccn1-c1ccc(CNC=O)cc1.N. The third kappa shape index (κ3) is 7.96. The lowest BCUT2D eigenvalue weighted by molar-refractivity contribution is -0.132. The summed E-state index contributed by atoms with van der Waals surface area (Å²) in [7, 11) is 0. The molecule has 5 N–H and O–H groups in total. The molecule has 8 nitrogen and oxygen atoms in total. The Balaban J connectivity index is 0.000000297. The smallest absolute Gasteiger partial charge is 0.223 e. The van der Waals surface area contributed by atoms with Crippen molar-refractivity contribution in [3.63, 3.8) is 0 Å². The van der Waals surface area contributed by atoms with Gasteiger partial charge in [-0.3, -0.25) is 9.59 Å². The van der Waals surface area contributed by atoms with Gasteiger partial charge in [-0.05, 0) is 36.5 Å². The minimum atomic E-state index is -0.302. The van der Waals surface area contributed by atoms with Crippen molar-refractivity contribution in [2.24, 2.45) is 5.41 Å². The molecule has 1 aromatic carbocycles. The molecule has 0 radical (unpaired) electrons. The lowest BCUT2D eigenvalue weighted by atomic mass is 9.92. The molecule has 1 unspecified atom stereocenters. The number of β-amino-alcohol motifs (C(OH)–C–C–N with tert-alkyl or cyclic N) is 1. The number of imidazole rings is 1. The van der Waals surface area contributed by atoms with Gasteiger partial charge in [0.1, 0.15) is 5.82 Å². The number of likely N-dealkylation sites (tertiary alicyclic amines) is 1. The second kappa shape index (κ2) is 11.5. The molecule has 166 valence electrons. The van der Waals surface area contributed by atoms with Gasteiger partial charge in [-0.15, -0.1) is 0 Å². The van der Waals surface area contributed by atoms with E-state index in [9.17, 15) is 14.7 Å². The highest BCUT2D eigenvalue weighted by molar-refractivity contribution is 5.77. The van der Waals surface area contributed by atoms with Crippen molar-refractivity contribution < 1.29 is 14.7 Å². The first-order valence-corrected chi connectivity index (χ1v) is 9.92. The van der Waals surface area contributed by atoms with Crippen LogP contribution in [0.25, 0.3) is 5.69 Å².